The van der Waals surface area contributed by atoms with Gasteiger partial charge in [0.1, 0.15) is 0 Å². The molecule has 126 valence electrons. The van der Waals surface area contributed by atoms with Gasteiger partial charge in [0.25, 0.3) is 0 Å². The largest absolute Gasteiger partial charge is 0.290 e. The van der Waals surface area contributed by atoms with Crippen molar-refractivity contribution in [2.75, 3.05) is 0 Å². The van der Waals surface area contributed by atoms with Crippen molar-refractivity contribution >= 4 is 10.9 Å². The highest BCUT2D eigenvalue weighted by molar-refractivity contribution is 5.89. The summed E-state index contributed by atoms with van der Waals surface area (Å²) in [6.45, 7) is 8.79. The van der Waals surface area contributed by atoms with Crippen LogP contribution in [0.4, 0.5) is 0 Å². The first-order chi connectivity index (χ1) is 12.0. The molecule has 25 heavy (non-hydrogen) atoms. The molecule has 0 saturated heterocycles. The average Bonchev–Trinajstić information content (AvgIpc) is 3.09. The molecule has 2 heterocycles. The van der Waals surface area contributed by atoms with E-state index in [4.69, 9.17) is 0 Å². The Morgan fingerprint density at radius 2 is 1.56 bits per heavy atom. The summed E-state index contributed by atoms with van der Waals surface area (Å²) < 4.78 is 6.75. The summed E-state index contributed by atoms with van der Waals surface area (Å²) in [6.07, 6.45) is 4.20. The molecule has 0 radical (unpaired) electrons. The normalized spacial score (nSPS) is 11.4. The van der Waals surface area contributed by atoms with Crippen LogP contribution in [0.25, 0.3) is 22.4 Å². The summed E-state index contributed by atoms with van der Waals surface area (Å²) in [5, 5.41) is 1.30. The Labute approximate surface area is 148 Å². The highest BCUT2D eigenvalue weighted by atomic mass is 15.4. The fraction of sp³-hybridized carbons (Fsp3) is 0.227. The van der Waals surface area contributed by atoms with Gasteiger partial charge in [-0.25, -0.2) is 0 Å². The SMILES string of the molecule is Cc1cc(C)c(-n2c(-n3ccc[n+]3C)c(C)c3ccccc32)c(C)c1. The number of benzene rings is 2. The third-order valence-corrected chi connectivity index (χ3v) is 5.04. The van der Waals surface area contributed by atoms with E-state index in [1.54, 1.807) is 0 Å². The van der Waals surface area contributed by atoms with Crippen molar-refractivity contribution in [2.24, 2.45) is 7.05 Å². The quantitative estimate of drug-likeness (QED) is 0.481. The van der Waals surface area contributed by atoms with Gasteiger partial charge in [0, 0.05) is 17.0 Å². The van der Waals surface area contributed by atoms with Crippen LogP contribution in [0.15, 0.2) is 54.9 Å². The molecule has 0 bridgehead atoms. The lowest BCUT2D eigenvalue weighted by Crippen LogP contribution is -2.38. The molecule has 0 aliphatic rings. The smallest absolute Gasteiger partial charge is 0.195 e. The zero-order valence-electron chi connectivity index (χ0n) is 15.5. The van der Waals surface area contributed by atoms with Crippen LogP contribution in [0.2, 0.25) is 0 Å². The Morgan fingerprint density at radius 3 is 2.20 bits per heavy atom. The van der Waals surface area contributed by atoms with Gasteiger partial charge in [-0.1, -0.05) is 35.9 Å². The number of nitrogens with zero attached hydrogens (tertiary/aromatic N) is 3. The minimum Gasteiger partial charge on any atom is -0.290 e. The Morgan fingerprint density at radius 1 is 0.880 bits per heavy atom. The molecule has 3 heteroatoms. The number of aryl methyl sites for hydroxylation is 5. The molecule has 4 rings (SSSR count). The van der Waals surface area contributed by atoms with Crippen molar-refractivity contribution in [2.45, 2.75) is 27.7 Å². The van der Waals surface area contributed by atoms with Gasteiger partial charge < -0.3 is 0 Å². The van der Waals surface area contributed by atoms with Gasteiger partial charge in [0.2, 0.25) is 0 Å². The van der Waals surface area contributed by atoms with Crippen molar-refractivity contribution in [3.05, 3.63) is 77.1 Å². The minimum atomic E-state index is 1.20. The van der Waals surface area contributed by atoms with Gasteiger partial charge in [0.05, 0.1) is 17.4 Å². The molecule has 0 aliphatic carbocycles. The van der Waals surface area contributed by atoms with E-state index in [9.17, 15) is 0 Å². The summed E-state index contributed by atoms with van der Waals surface area (Å²) in [5.74, 6) is 1.20. The Bertz CT molecular complexity index is 1070. The van der Waals surface area contributed by atoms with Gasteiger partial charge in [-0.05, 0) is 44.9 Å². The van der Waals surface area contributed by atoms with Crippen molar-refractivity contribution < 1.29 is 4.68 Å². The van der Waals surface area contributed by atoms with Gasteiger partial charge >= 0.3 is 0 Å². The third kappa shape index (κ3) is 2.30. The van der Waals surface area contributed by atoms with E-state index in [0.717, 1.165) is 0 Å². The average molecular weight is 330 g/mol. The summed E-state index contributed by atoms with van der Waals surface area (Å²) in [7, 11) is 2.08. The predicted molar refractivity (Wildman–Crippen MR) is 103 cm³/mol. The fourth-order valence-corrected chi connectivity index (χ4v) is 4.06. The number of fused-ring (bicyclic) bond motifs is 1. The van der Waals surface area contributed by atoms with Crippen LogP contribution in [0.1, 0.15) is 22.3 Å². The minimum absolute atomic E-state index is 1.20. The fourth-order valence-electron chi connectivity index (χ4n) is 4.06. The molecule has 0 unspecified atom stereocenters. The maximum absolute atomic E-state index is 2.41. The Hall–Kier alpha value is -2.81. The maximum Gasteiger partial charge on any atom is 0.195 e. The molecule has 0 aliphatic heterocycles. The van der Waals surface area contributed by atoms with E-state index < -0.39 is 0 Å². The van der Waals surface area contributed by atoms with Crippen molar-refractivity contribution in [1.82, 2.24) is 9.25 Å². The number of aromatic nitrogens is 3. The molecule has 0 N–H and O–H groups in total. The molecule has 0 atom stereocenters. The van der Waals surface area contributed by atoms with Crippen LogP contribution in [-0.2, 0) is 7.05 Å². The molecular weight excluding hydrogens is 306 g/mol. The van der Waals surface area contributed by atoms with E-state index in [1.165, 1.54) is 44.7 Å². The summed E-state index contributed by atoms with van der Waals surface area (Å²) in [6, 6.07) is 15.3. The lowest BCUT2D eigenvalue weighted by Gasteiger charge is -2.17. The molecule has 0 amide bonds. The van der Waals surface area contributed by atoms with Crippen LogP contribution >= 0.6 is 0 Å². The predicted octanol–water partition coefficient (Wildman–Crippen LogP) is 4.48. The number of hydrogen-bond donors (Lipinski definition) is 0. The van der Waals surface area contributed by atoms with Crippen molar-refractivity contribution in [3.63, 3.8) is 0 Å². The van der Waals surface area contributed by atoms with Crippen LogP contribution in [0.3, 0.4) is 0 Å². The zero-order valence-corrected chi connectivity index (χ0v) is 15.5. The van der Waals surface area contributed by atoms with Gasteiger partial charge in [-0.15, -0.1) is 9.36 Å². The second-order valence-corrected chi connectivity index (χ2v) is 6.96. The lowest BCUT2D eigenvalue weighted by atomic mass is 10.0. The lowest BCUT2D eigenvalue weighted by molar-refractivity contribution is -0.744. The standard InChI is InChI=1S/C22H24N3/c1-15-13-16(2)21(17(3)14-15)25-20-10-7-6-9-19(20)18(4)22(25)24-12-8-11-23(24)5/h6-14H,1-5H3/q+1. The number of hydrogen-bond acceptors (Lipinski definition) is 0. The molecule has 2 aromatic heterocycles. The first-order valence-electron chi connectivity index (χ1n) is 8.71. The first-order valence-corrected chi connectivity index (χ1v) is 8.71. The highest BCUT2D eigenvalue weighted by Gasteiger charge is 2.22. The van der Waals surface area contributed by atoms with Gasteiger partial charge in [-0.3, -0.25) is 4.57 Å². The topological polar surface area (TPSA) is 13.7 Å². The summed E-state index contributed by atoms with van der Waals surface area (Å²) >= 11 is 0. The van der Waals surface area contributed by atoms with Gasteiger partial charge in [0.15, 0.2) is 19.1 Å². The van der Waals surface area contributed by atoms with E-state index in [1.807, 2.05) is 0 Å². The summed E-state index contributed by atoms with van der Waals surface area (Å²) in [5.41, 5.74) is 7.72. The van der Waals surface area contributed by atoms with Crippen LogP contribution < -0.4 is 4.68 Å². The second-order valence-electron chi connectivity index (χ2n) is 6.96. The summed E-state index contributed by atoms with van der Waals surface area (Å²) in [4.78, 5) is 0. The van der Waals surface area contributed by atoms with Crippen LogP contribution in [0, 0.1) is 27.7 Å². The van der Waals surface area contributed by atoms with Gasteiger partial charge in [-0.2, -0.15) is 0 Å². The van der Waals surface area contributed by atoms with Crippen molar-refractivity contribution in [1.29, 1.82) is 0 Å². The molecular formula is C22H24N3+. The highest BCUT2D eigenvalue weighted by Crippen LogP contribution is 2.34. The zero-order chi connectivity index (χ0) is 17.7. The van der Waals surface area contributed by atoms with Crippen LogP contribution in [0.5, 0.6) is 0 Å². The first kappa shape index (κ1) is 15.7. The number of para-hydroxylation sites is 1. The monoisotopic (exact) mass is 330 g/mol. The molecule has 0 saturated carbocycles. The Balaban J connectivity index is 2.19. The third-order valence-electron chi connectivity index (χ3n) is 5.04. The van der Waals surface area contributed by atoms with Crippen molar-refractivity contribution in [3.8, 4) is 11.5 Å². The second kappa shape index (κ2) is 5.62. The van der Waals surface area contributed by atoms with Crippen LogP contribution in [-0.4, -0.2) is 9.25 Å². The van der Waals surface area contributed by atoms with E-state index >= 15 is 0 Å². The Kier molecular flexibility index (Phi) is 3.53. The molecule has 2 aromatic carbocycles. The van der Waals surface area contributed by atoms with E-state index in [0.29, 0.717) is 0 Å². The molecule has 3 nitrogen and oxygen atoms in total. The molecule has 0 fully saturated rings. The molecule has 0 spiro atoms. The van der Waals surface area contributed by atoms with E-state index in [-0.39, 0.29) is 0 Å². The number of rotatable bonds is 2. The molecule has 4 aromatic rings. The maximum atomic E-state index is 2.41. The van der Waals surface area contributed by atoms with E-state index in [2.05, 4.69) is 104 Å².